The molecular formula is C23H24ClNO5. The van der Waals surface area contributed by atoms with Crippen LogP contribution in [0.2, 0.25) is 5.02 Å². The van der Waals surface area contributed by atoms with Crippen LogP contribution in [0.15, 0.2) is 48.0 Å². The second-order valence-corrected chi connectivity index (χ2v) is 7.42. The molecule has 2 N–H and O–H groups in total. The summed E-state index contributed by atoms with van der Waals surface area (Å²) in [6, 6.07) is 10.4. The monoisotopic (exact) mass is 429 g/mol. The number of rotatable bonds is 7. The second-order valence-electron chi connectivity index (χ2n) is 7.02. The van der Waals surface area contributed by atoms with Crippen LogP contribution in [0.4, 0.5) is 0 Å². The zero-order valence-corrected chi connectivity index (χ0v) is 17.6. The number of halogens is 1. The number of ketones is 1. The van der Waals surface area contributed by atoms with Crippen LogP contribution in [0.25, 0.3) is 5.76 Å². The lowest BCUT2D eigenvalue weighted by atomic mass is 9.95. The molecule has 1 amide bonds. The first-order valence-electron chi connectivity index (χ1n) is 9.89. The smallest absolute Gasteiger partial charge is 0.295 e. The highest BCUT2D eigenvalue weighted by Gasteiger charge is 2.45. The Morgan fingerprint density at radius 1 is 1.17 bits per heavy atom. The van der Waals surface area contributed by atoms with E-state index in [0.29, 0.717) is 36.4 Å². The van der Waals surface area contributed by atoms with Gasteiger partial charge in [-0.2, -0.15) is 0 Å². The van der Waals surface area contributed by atoms with Crippen LogP contribution in [0, 0.1) is 0 Å². The molecule has 2 aromatic carbocycles. The van der Waals surface area contributed by atoms with Gasteiger partial charge in [-0.05, 0) is 43.2 Å². The van der Waals surface area contributed by atoms with Crippen LogP contribution in [0.5, 0.6) is 11.5 Å². The highest BCUT2D eigenvalue weighted by molar-refractivity contribution is 6.46. The molecule has 0 radical (unpaired) electrons. The summed E-state index contributed by atoms with van der Waals surface area (Å²) in [5.41, 5.74) is 0.909. The van der Waals surface area contributed by atoms with Crippen molar-refractivity contribution in [3.05, 3.63) is 64.2 Å². The van der Waals surface area contributed by atoms with Crippen molar-refractivity contribution in [3.63, 3.8) is 0 Å². The number of aliphatic hydroxyl groups is 1. The van der Waals surface area contributed by atoms with Gasteiger partial charge in [0.05, 0.1) is 23.2 Å². The fourth-order valence-electron chi connectivity index (χ4n) is 3.53. The van der Waals surface area contributed by atoms with Gasteiger partial charge in [-0.1, -0.05) is 43.1 Å². The number of ether oxygens (including phenoxy) is 1. The summed E-state index contributed by atoms with van der Waals surface area (Å²) in [4.78, 5) is 27.2. The first-order valence-corrected chi connectivity index (χ1v) is 10.3. The Morgan fingerprint density at radius 2 is 1.93 bits per heavy atom. The number of hydrogen-bond acceptors (Lipinski definition) is 5. The van der Waals surface area contributed by atoms with Crippen LogP contribution in [0.1, 0.15) is 43.9 Å². The number of aromatic hydroxyl groups is 1. The molecule has 0 spiro atoms. The van der Waals surface area contributed by atoms with Crippen molar-refractivity contribution in [2.75, 3.05) is 13.2 Å². The van der Waals surface area contributed by atoms with Crippen molar-refractivity contribution in [3.8, 4) is 11.5 Å². The zero-order valence-electron chi connectivity index (χ0n) is 16.9. The van der Waals surface area contributed by atoms with Gasteiger partial charge in [0.25, 0.3) is 11.7 Å². The lowest BCUT2D eigenvalue weighted by molar-refractivity contribution is -0.139. The third-order valence-electron chi connectivity index (χ3n) is 5.00. The van der Waals surface area contributed by atoms with Crippen molar-refractivity contribution in [1.82, 2.24) is 4.90 Å². The third-order valence-corrected chi connectivity index (χ3v) is 5.30. The van der Waals surface area contributed by atoms with Gasteiger partial charge in [-0.3, -0.25) is 9.59 Å². The fourth-order valence-corrected chi connectivity index (χ4v) is 3.72. The number of carbonyl (C=O) groups is 2. The standard InChI is InChI=1S/C23H24ClNO5/c1-3-5-11-25-20(14-9-10-18(26)17(24)13-14)19(22(28)23(25)29)21(27)15-7-6-8-16(12-15)30-4-2/h6-10,12-13,20,26-27H,3-5,11H2,1-2H3/b21-19-. The number of likely N-dealkylation sites (tertiary alicyclic amines) is 1. The molecule has 0 aliphatic carbocycles. The number of unbranched alkanes of at least 4 members (excludes halogenated alkanes) is 1. The van der Waals surface area contributed by atoms with Crippen LogP contribution >= 0.6 is 11.6 Å². The zero-order chi connectivity index (χ0) is 21.8. The summed E-state index contributed by atoms with van der Waals surface area (Å²) in [6.45, 7) is 4.65. The molecule has 0 aromatic heterocycles. The van der Waals surface area contributed by atoms with Crippen LogP contribution in [-0.4, -0.2) is 40.0 Å². The minimum absolute atomic E-state index is 0.00786. The minimum atomic E-state index is -0.801. The van der Waals surface area contributed by atoms with Crippen LogP contribution in [0.3, 0.4) is 0 Å². The summed E-state index contributed by atoms with van der Waals surface area (Å²) >= 11 is 6.08. The van der Waals surface area contributed by atoms with Gasteiger partial charge in [-0.15, -0.1) is 0 Å². The van der Waals surface area contributed by atoms with Crippen molar-refractivity contribution < 1.29 is 24.5 Å². The Bertz CT molecular complexity index is 1000. The highest BCUT2D eigenvalue weighted by Crippen LogP contribution is 2.41. The van der Waals surface area contributed by atoms with E-state index < -0.39 is 17.7 Å². The number of phenols is 1. The molecule has 1 unspecified atom stereocenters. The summed E-state index contributed by atoms with van der Waals surface area (Å²) in [5, 5.41) is 20.9. The average molecular weight is 430 g/mol. The van der Waals surface area contributed by atoms with E-state index in [1.807, 2.05) is 13.8 Å². The maximum Gasteiger partial charge on any atom is 0.295 e. The molecule has 0 bridgehead atoms. The van der Waals surface area contributed by atoms with E-state index in [4.69, 9.17) is 16.3 Å². The molecule has 7 heteroatoms. The van der Waals surface area contributed by atoms with Gasteiger partial charge in [0.15, 0.2) is 0 Å². The lowest BCUT2D eigenvalue weighted by Crippen LogP contribution is -2.30. The number of hydrogen-bond donors (Lipinski definition) is 2. The molecule has 1 heterocycles. The number of Topliss-reactive ketones (excluding diaryl/α,β-unsaturated/α-hetero) is 1. The SMILES string of the molecule is CCCCN1C(=O)C(=O)/C(=C(\O)c2cccc(OCC)c2)C1c1ccc(O)c(Cl)c1. The van der Waals surface area contributed by atoms with E-state index in [-0.39, 0.29) is 22.1 Å². The molecule has 1 atom stereocenters. The van der Waals surface area contributed by atoms with Gasteiger partial charge in [0, 0.05) is 12.1 Å². The molecule has 6 nitrogen and oxygen atoms in total. The van der Waals surface area contributed by atoms with Crippen molar-refractivity contribution in [2.45, 2.75) is 32.7 Å². The predicted octanol–water partition coefficient (Wildman–Crippen LogP) is 4.67. The molecule has 1 aliphatic heterocycles. The van der Waals surface area contributed by atoms with E-state index >= 15 is 0 Å². The number of amides is 1. The molecule has 30 heavy (non-hydrogen) atoms. The van der Waals surface area contributed by atoms with Crippen LogP contribution in [-0.2, 0) is 9.59 Å². The fraction of sp³-hybridized carbons (Fsp3) is 0.304. The van der Waals surface area contributed by atoms with E-state index in [2.05, 4.69) is 0 Å². The van der Waals surface area contributed by atoms with E-state index in [1.54, 1.807) is 30.3 Å². The lowest BCUT2D eigenvalue weighted by Gasteiger charge is -2.25. The first kappa shape index (κ1) is 21.7. The average Bonchev–Trinajstić information content (AvgIpc) is 2.99. The minimum Gasteiger partial charge on any atom is -0.507 e. The maximum atomic E-state index is 12.9. The third kappa shape index (κ3) is 4.14. The molecule has 1 aliphatic rings. The van der Waals surface area contributed by atoms with E-state index in [1.165, 1.54) is 17.0 Å². The van der Waals surface area contributed by atoms with Gasteiger partial charge in [-0.25, -0.2) is 0 Å². The molecule has 1 saturated heterocycles. The topological polar surface area (TPSA) is 87.1 Å². The Morgan fingerprint density at radius 3 is 2.60 bits per heavy atom. The van der Waals surface area contributed by atoms with Gasteiger partial charge >= 0.3 is 0 Å². The number of benzene rings is 2. The Kier molecular flexibility index (Phi) is 6.67. The summed E-state index contributed by atoms with van der Waals surface area (Å²) < 4.78 is 5.48. The van der Waals surface area contributed by atoms with Crippen molar-refractivity contribution in [1.29, 1.82) is 0 Å². The first-order chi connectivity index (χ1) is 14.4. The number of phenolic OH excluding ortho intramolecular Hbond substituents is 1. The summed E-state index contributed by atoms with van der Waals surface area (Å²) in [7, 11) is 0. The predicted molar refractivity (Wildman–Crippen MR) is 115 cm³/mol. The van der Waals surface area contributed by atoms with E-state index in [0.717, 1.165) is 6.42 Å². The number of carbonyl (C=O) groups excluding carboxylic acids is 2. The maximum absolute atomic E-state index is 12.9. The molecule has 2 aromatic rings. The summed E-state index contributed by atoms with van der Waals surface area (Å²) in [6.07, 6.45) is 1.54. The molecule has 158 valence electrons. The van der Waals surface area contributed by atoms with Gasteiger partial charge in [0.2, 0.25) is 0 Å². The Hall–Kier alpha value is -2.99. The molecule has 1 fully saturated rings. The van der Waals surface area contributed by atoms with Gasteiger partial charge in [0.1, 0.15) is 17.3 Å². The quantitative estimate of drug-likeness (QED) is 0.379. The second kappa shape index (κ2) is 9.22. The number of nitrogens with zero attached hydrogens (tertiary/aromatic N) is 1. The van der Waals surface area contributed by atoms with Gasteiger partial charge < -0.3 is 19.8 Å². The largest absolute Gasteiger partial charge is 0.507 e. The van der Waals surface area contributed by atoms with Crippen LogP contribution < -0.4 is 4.74 Å². The van der Waals surface area contributed by atoms with Crippen molar-refractivity contribution in [2.24, 2.45) is 0 Å². The van der Waals surface area contributed by atoms with Crippen molar-refractivity contribution >= 4 is 29.1 Å². The van der Waals surface area contributed by atoms with E-state index in [9.17, 15) is 19.8 Å². The number of aliphatic hydroxyl groups excluding tert-OH is 1. The Balaban J connectivity index is 2.16. The summed E-state index contributed by atoms with van der Waals surface area (Å²) in [5.74, 6) is -1.25. The molecular weight excluding hydrogens is 406 g/mol. The highest BCUT2D eigenvalue weighted by atomic mass is 35.5. The molecule has 3 rings (SSSR count). The normalized spacial score (nSPS) is 18.1. The Labute approximate surface area is 180 Å². The molecule has 0 saturated carbocycles.